The van der Waals surface area contributed by atoms with Crippen LogP contribution in [-0.4, -0.2) is 30.9 Å². The standard InChI is InChI=1S/C13H15BrO4/c1-8-4-10(14)5-11(13(15)16)12(8)18-7-9-2-3-17-6-9/h4-5,9H,2-3,6-7H2,1H3,(H,15,16). The summed E-state index contributed by atoms with van der Waals surface area (Å²) in [6.07, 6.45) is 0.970. The molecule has 0 spiro atoms. The first kappa shape index (κ1) is 13.4. The predicted octanol–water partition coefficient (Wildman–Crippen LogP) is 2.87. The lowest BCUT2D eigenvalue weighted by Crippen LogP contribution is -2.14. The second-order valence-corrected chi connectivity index (χ2v) is 5.36. The van der Waals surface area contributed by atoms with E-state index < -0.39 is 5.97 Å². The van der Waals surface area contributed by atoms with Crippen LogP contribution in [-0.2, 0) is 4.74 Å². The van der Waals surface area contributed by atoms with Crippen molar-refractivity contribution in [2.45, 2.75) is 13.3 Å². The van der Waals surface area contributed by atoms with Crippen molar-refractivity contribution >= 4 is 21.9 Å². The lowest BCUT2D eigenvalue weighted by molar-refractivity contribution is 0.0690. The Balaban J connectivity index is 2.17. The van der Waals surface area contributed by atoms with E-state index in [1.807, 2.05) is 13.0 Å². The van der Waals surface area contributed by atoms with Gasteiger partial charge in [-0.25, -0.2) is 4.79 Å². The van der Waals surface area contributed by atoms with Crippen molar-refractivity contribution in [1.82, 2.24) is 0 Å². The summed E-state index contributed by atoms with van der Waals surface area (Å²) >= 11 is 3.29. The van der Waals surface area contributed by atoms with Crippen molar-refractivity contribution in [2.75, 3.05) is 19.8 Å². The highest BCUT2D eigenvalue weighted by molar-refractivity contribution is 9.10. The summed E-state index contributed by atoms with van der Waals surface area (Å²) in [5.74, 6) is -0.163. The van der Waals surface area contributed by atoms with Crippen LogP contribution in [0.4, 0.5) is 0 Å². The molecule has 1 aromatic carbocycles. The molecule has 0 radical (unpaired) electrons. The minimum atomic E-state index is -0.975. The molecule has 1 heterocycles. The van der Waals surface area contributed by atoms with Gasteiger partial charge in [0.25, 0.3) is 0 Å². The number of halogens is 1. The Morgan fingerprint density at radius 3 is 3.00 bits per heavy atom. The van der Waals surface area contributed by atoms with Gasteiger partial charge in [-0.2, -0.15) is 0 Å². The van der Waals surface area contributed by atoms with Gasteiger partial charge in [-0.15, -0.1) is 0 Å². The Bertz CT molecular complexity index is 453. The van der Waals surface area contributed by atoms with Crippen LogP contribution in [0.5, 0.6) is 5.75 Å². The van der Waals surface area contributed by atoms with Crippen LogP contribution in [0.3, 0.4) is 0 Å². The molecule has 2 rings (SSSR count). The van der Waals surface area contributed by atoms with Crippen LogP contribution < -0.4 is 4.74 Å². The molecule has 18 heavy (non-hydrogen) atoms. The van der Waals surface area contributed by atoms with Crippen molar-refractivity contribution < 1.29 is 19.4 Å². The maximum absolute atomic E-state index is 11.2. The topological polar surface area (TPSA) is 55.8 Å². The molecular weight excluding hydrogens is 300 g/mol. The maximum Gasteiger partial charge on any atom is 0.339 e. The Labute approximate surface area is 114 Å². The number of benzene rings is 1. The van der Waals surface area contributed by atoms with Crippen molar-refractivity contribution in [3.05, 3.63) is 27.7 Å². The van der Waals surface area contributed by atoms with Gasteiger partial charge in [0.2, 0.25) is 0 Å². The lowest BCUT2D eigenvalue weighted by atomic mass is 10.1. The number of carbonyl (C=O) groups is 1. The van der Waals surface area contributed by atoms with Gasteiger partial charge in [-0.05, 0) is 31.0 Å². The number of aryl methyl sites for hydroxylation is 1. The van der Waals surface area contributed by atoms with E-state index in [1.165, 1.54) is 0 Å². The first-order valence-corrected chi connectivity index (χ1v) is 6.61. The Kier molecular flexibility index (Phi) is 4.24. The van der Waals surface area contributed by atoms with Crippen LogP contribution >= 0.6 is 15.9 Å². The van der Waals surface area contributed by atoms with Crippen molar-refractivity contribution in [3.63, 3.8) is 0 Å². The molecule has 5 heteroatoms. The third-order valence-corrected chi connectivity index (χ3v) is 3.42. The largest absolute Gasteiger partial charge is 0.492 e. The van der Waals surface area contributed by atoms with Crippen LogP contribution in [0.2, 0.25) is 0 Å². The van der Waals surface area contributed by atoms with Crippen LogP contribution in [0.1, 0.15) is 22.3 Å². The molecule has 1 aromatic rings. The lowest BCUT2D eigenvalue weighted by Gasteiger charge is -2.15. The van der Waals surface area contributed by atoms with E-state index in [2.05, 4.69) is 15.9 Å². The SMILES string of the molecule is Cc1cc(Br)cc(C(=O)O)c1OCC1CCOC1. The third kappa shape index (κ3) is 3.03. The van der Waals surface area contributed by atoms with Gasteiger partial charge < -0.3 is 14.6 Å². The molecule has 0 aromatic heterocycles. The normalized spacial score (nSPS) is 18.9. The fraction of sp³-hybridized carbons (Fsp3) is 0.462. The van der Waals surface area contributed by atoms with E-state index in [4.69, 9.17) is 9.47 Å². The van der Waals surface area contributed by atoms with Crippen LogP contribution in [0.25, 0.3) is 0 Å². The second kappa shape index (κ2) is 5.71. The molecule has 0 aliphatic carbocycles. The van der Waals surface area contributed by atoms with Crippen molar-refractivity contribution in [1.29, 1.82) is 0 Å². The first-order valence-electron chi connectivity index (χ1n) is 5.82. The summed E-state index contributed by atoms with van der Waals surface area (Å²) in [6.45, 7) is 3.80. The molecule has 4 nitrogen and oxygen atoms in total. The van der Waals surface area contributed by atoms with Gasteiger partial charge in [0.15, 0.2) is 0 Å². The molecule has 1 fully saturated rings. The quantitative estimate of drug-likeness (QED) is 0.928. The zero-order valence-corrected chi connectivity index (χ0v) is 11.7. The minimum Gasteiger partial charge on any atom is -0.492 e. The Hall–Kier alpha value is -1.07. The predicted molar refractivity (Wildman–Crippen MR) is 70.3 cm³/mol. The summed E-state index contributed by atoms with van der Waals surface area (Å²) in [7, 11) is 0. The summed E-state index contributed by atoms with van der Waals surface area (Å²) in [4.78, 5) is 11.2. The fourth-order valence-corrected chi connectivity index (χ4v) is 2.57. The molecule has 0 saturated carbocycles. The van der Waals surface area contributed by atoms with E-state index in [-0.39, 0.29) is 5.56 Å². The zero-order valence-electron chi connectivity index (χ0n) is 10.1. The molecule has 98 valence electrons. The number of rotatable bonds is 4. The molecule has 1 saturated heterocycles. The smallest absolute Gasteiger partial charge is 0.339 e. The van der Waals surface area contributed by atoms with Gasteiger partial charge in [0, 0.05) is 17.0 Å². The first-order chi connectivity index (χ1) is 8.58. The zero-order chi connectivity index (χ0) is 13.1. The van der Waals surface area contributed by atoms with Gasteiger partial charge >= 0.3 is 5.97 Å². The number of aromatic carboxylic acids is 1. The highest BCUT2D eigenvalue weighted by Gasteiger charge is 2.20. The average Bonchev–Trinajstić information content (AvgIpc) is 2.79. The van der Waals surface area contributed by atoms with Crippen molar-refractivity contribution in [3.8, 4) is 5.75 Å². The van der Waals surface area contributed by atoms with E-state index >= 15 is 0 Å². The Morgan fingerprint density at radius 1 is 1.61 bits per heavy atom. The summed E-state index contributed by atoms with van der Waals surface area (Å²) < 4.78 is 11.7. The number of hydrogen-bond donors (Lipinski definition) is 1. The molecule has 1 unspecified atom stereocenters. The highest BCUT2D eigenvalue weighted by Crippen LogP contribution is 2.29. The summed E-state index contributed by atoms with van der Waals surface area (Å²) in [6, 6.07) is 3.42. The van der Waals surface area contributed by atoms with E-state index in [0.717, 1.165) is 23.1 Å². The molecule has 0 amide bonds. The molecule has 1 aliphatic heterocycles. The third-order valence-electron chi connectivity index (χ3n) is 2.96. The second-order valence-electron chi connectivity index (χ2n) is 4.45. The van der Waals surface area contributed by atoms with Crippen LogP contribution in [0.15, 0.2) is 16.6 Å². The molecular formula is C13H15BrO4. The monoisotopic (exact) mass is 314 g/mol. The van der Waals surface area contributed by atoms with Gasteiger partial charge in [-0.3, -0.25) is 0 Å². The highest BCUT2D eigenvalue weighted by atomic mass is 79.9. The van der Waals surface area contributed by atoms with Crippen LogP contribution in [0, 0.1) is 12.8 Å². The molecule has 1 aliphatic rings. The van der Waals surface area contributed by atoms with Gasteiger partial charge in [-0.1, -0.05) is 15.9 Å². The average molecular weight is 315 g/mol. The molecule has 1 N–H and O–H groups in total. The van der Waals surface area contributed by atoms with Crippen molar-refractivity contribution in [2.24, 2.45) is 5.92 Å². The fourth-order valence-electron chi connectivity index (χ4n) is 2.00. The number of hydrogen-bond acceptors (Lipinski definition) is 3. The summed E-state index contributed by atoms with van der Waals surface area (Å²) in [5, 5.41) is 9.18. The van der Waals surface area contributed by atoms with Gasteiger partial charge in [0.05, 0.1) is 13.2 Å². The Morgan fingerprint density at radius 2 is 2.39 bits per heavy atom. The van der Waals surface area contributed by atoms with Gasteiger partial charge in [0.1, 0.15) is 11.3 Å². The van der Waals surface area contributed by atoms with E-state index in [0.29, 0.717) is 24.9 Å². The number of carboxylic acids is 1. The summed E-state index contributed by atoms with van der Waals surface area (Å²) in [5.41, 5.74) is 1.02. The molecule has 0 bridgehead atoms. The maximum atomic E-state index is 11.2. The van der Waals surface area contributed by atoms with E-state index in [9.17, 15) is 9.90 Å². The number of ether oxygens (including phenoxy) is 2. The van der Waals surface area contributed by atoms with E-state index in [1.54, 1.807) is 6.07 Å². The minimum absolute atomic E-state index is 0.195. The number of carboxylic acid groups (broad SMARTS) is 1. The molecule has 1 atom stereocenters.